The number of aromatic nitrogens is 3. The van der Waals surface area contributed by atoms with E-state index in [4.69, 9.17) is 16.7 Å². The van der Waals surface area contributed by atoms with Crippen LogP contribution in [-0.2, 0) is 6.61 Å². The fourth-order valence-electron chi connectivity index (χ4n) is 2.47. The van der Waals surface area contributed by atoms with Crippen LogP contribution in [0.4, 0.5) is 5.95 Å². The van der Waals surface area contributed by atoms with E-state index in [0.29, 0.717) is 27.7 Å². The number of aliphatic hydroxyl groups excluding tert-OH is 1. The molecule has 0 aliphatic carbocycles. The van der Waals surface area contributed by atoms with Crippen molar-refractivity contribution in [3.05, 3.63) is 22.4 Å². The van der Waals surface area contributed by atoms with E-state index in [1.165, 1.54) is 11.3 Å². The zero-order valence-electron chi connectivity index (χ0n) is 12.7. The van der Waals surface area contributed by atoms with E-state index in [1.807, 2.05) is 0 Å². The molecule has 2 aromatic heterocycles. The van der Waals surface area contributed by atoms with Gasteiger partial charge < -0.3 is 10.4 Å². The largest absolute Gasteiger partial charge is 0.389 e. The molecule has 0 saturated carbocycles. The van der Waals surface area contributed by atoms with E-state index in [1.54, 1.807) is 24.3 Å². The maximum absolute atomic E-state index is 9.14. The second-order valence-electron chi connectivity index (χ2n) is 5.20. The highest BCUT2D eigenvalue weighted by molar-refractivity contribution is 7.96. The van der Waals surface area contributed by atoms with Gasteiger partial charge in [0.15, 0.2) is 0 Å². The molecular formula is C14H18ClN5OS2. The standard InChI is InChI=1S/C14H18ClN5OS2/c1-22-20-4-2-9(3-5-20)18-14-17-6-10(15)13(19-14)11-7-16-12(8-21)23-11/h6-7,9,21H,2-5,8H2,1H3,(H,17,18,19). The molecule has 0 atom stereocenters. The molecule has 1 aliphatic rings. The summed E-state index contributed by atoms with van der Waals surface area (Å²) in [5.41, 5.74) is 0.655. The SMILES string of the molecule is CSN1CCC(Nc2ncc(Cl)c(-c3cnc(CO)s3)n2)CC1. The Hall–Kier alpha value is -0.930. The molecule has 2 aromatic rings. The predicted molar refractivity (Wildman–Crippen MR) is 95.8 cm³/mol. The van der Waals surface area contributed by atoms with Crippen LogP contribution >= 0.6 is 34.9 Å². The molecule has 0 spiro atoms. The molecule has 0 aromatic carbocycles. The molecule has 6 nitrogen and oxygen atoms in total. The molecular weight excluding hydrogens is 354 g/mol. The maximum atomic E-state index is 9.14. The molecule has 1 fully saturated rings. The lowest BCUT2D eigenvalue weighted by atomic mass is 10.1. The van der Waals surface area contributed by atoms with E-state index in [-0.39, 0.29) is 6.61 Å². The van der Waals surface area contributed by atoms with E-state index in [9.17, 15) is 0 Å². The summed E-state index contributed by atoms with van der Waals surface area (Å²) in [7, 11) is 0. The van der Waals surface area contributed by atoms with Gasteiger partial charge in [-0.3, -0.25) is 4.31 Å². The van der Waals surface area contributed by atoms with E-state index < -0.39 is 0 Å². The Bertz CT molecular complexity index is 660. The first-order chi connectivity index (χ1) is 11.2. The van der Waals surface area contributed by atoms with Crippen LogP contribution in [0.15, 0.2) is 12.4 Å². The molecule has 0 unspecified atom stereocenters. The molecule has 23 heavy (non-hydrogen) atoms. The van der Waals surface area contributed by atoms with Gasteiger partial charge in [0.05, 0.1) is 22.7 Å². The highest BCUT2D eigenvalue weighted by Crippen LogP contribution is 2.31. The van der Waals surface area contributed by atoms with Gasteiger partial charge in [-0.1, -0.05) is 23.5 Å². The summed E-state index contributed by atoms with van der Waals surface area (Å²) in [5.74, 6) is 0.589. The fourth-order valence-corrected chi connectivity index (χ4v) is 4.07. The number of nitrogens with one attached hydrogen (secondary N) is 1. The van der Waals surface area contributed by atoms with Crippen molar-refractivity contribution in [3.8, 4) is 10.6 Å². The Morgan fingerprint density at radius 2 is 2.17 bits per heavy atom. The summed E-state index contributed by atoms with van der Waals surface area (Å²) < 4.78 is 2.36. The molecule has 2 N–H and O–H groups in total. The average Bonchev–Trinajstić information content (AvgIpc) is 3.06. The molecule has 3 heterocycles. The zero-order valence-corrected chi connectivity index (χ0v) is 15.1. The smallest absolute Gasteiger partial charge is 0.223 e. The Kier molecular flexibility index (Phi) is 5.71. The third kappa shape index (κ3) is 4.13. The van der Waals surface area contributed by atoms with Crippen molar-refractivity contribution in [3.63, 3.8) is 0 Å². The highest BCUT2D eigenvalue weighted by Gasteiger charge is 2.20. The maximum Gasteiger partial charge on any atom is 0.223 e. The van der Waals surface area contributed by atoms with Gasteiger partial charge in [-0.2, -0.15) is 0 Å². The summed E-state index contributed by atoms with van der Waals surface area (Å²) in [6.07, 6.45) is 7.54. The summed E-state index contributed by atoms with van der Waals surface area (Å²) in [5, 5.41) is 13.7. The van der Waals surface area contributed by atoms with Crippen molar-refractivity contribution in [2.45, 2.75) is 25.5 Å². The van der Waals surface area contributed by atoms with Crippen molar-refractivity contribution in [2.75, 3.05) is 24.7 Å². The van der Waals surface area contributed by atoms with Crippen LogP contribution in [0.5, 0.6) is 0 Å². The summed E-state index contributed by atoms with van der Waals surface area (Å²) in [6, 6.07) is 0.377. The lowest BCUT2D eigenvalue weighted by molar-refractivity contribution is 0.281. The summed E-state index contributed by atoms with van der Waals surface area (Å²) in [4.78, 5) is 13.8. The molecule has 124 valence electrons. The molecule has 9 heteroatoms. The number of rotatable bonds is 5. The van der Waals surface area contributed by atoms with Gasteiger partial charge in [-0.25, -0.2) is 15.0 Å². The Balaban J connectivity index is 1.73. The van der Waals surface area contributed by atoms with Gasteiger partial charge in [0.1, 0.15) is 10.7 Å². The van der Waals surface area contributed by atoms with Crippen molar-refractivity contribution in [2.24, 2.45) is 0 Å². The molecule has 0 amide bonds. The predicted octanol–water partition coefficient (Wildman–Crippen LogP) is 2.90. The third-order valence-corrected chi connectivity index (χ3v) is 5.86. The fraction of sp³-hybridized carbons (Fsp3) is 0.500. The van der Waals surface area contributed by atoms with Crippen molar-refractivity contribution >= 4 is 40.8 Å². The van der Waals surface area contributed by atoms with Crippen molar-refractivity contribution in [1.29, 1.82) is 0 Å². The average molecular weight is 372 g/mol. The first-order valence-electron chi connectivity index (χ1n) is 7.33. The number of hydrogen-bond acceptors (Lipinski definition) is 8. The summed E-state index contributed by atoms with van der Waals surface area (Å²) in [6.45, 7) is 2.05. The van der Waals surface area contributed by atoms with Crippen LogP contribution in [0, 0.1) is 0 Å². The quantitative estimate of drug-likeness (QED) is 0.782. The number of anilines is 1. The van der Waals surface area contributed by atoms with Crippen LogP contribution in [-0.4, -0.2) is 49.8 Å². The van der Waals surface area contributed by atoms with Gasteiger partial charge in [0.25, 0.3) is 0 Å². The van der Waals surface area contributed by atoms with E-state index in [2.05, 4.69) is 30.8 Å². The Morgan fingerprint density at radius 3 is 2.83 bits per heavy atom. The number of hydrogen-bond donors (Lipinski definition) is 2. The minimum absolute atomic E-state index is 0.0769. The van der Waals surface area contributed by atoms with Crippen LogP contribution < -0.4 is 5.32 Å². The van der Waals surface area contributed by atoms with E-state index in [0.717, 1.165) is 30.8 Å². The number of nitrogens with zero attached hydrogens (tertiary/aromatic N) is 4. The highest BCUT2D eigenvalue weighted by atomic mass is 35.5. The number of piperidine rings is 1. The first-order valence-corrected chi connectivity index (χ1v) is 9.71. The summed E-state index contributed by atoms with van der Waals surface area (Å²) >= 11 is 9.39. The van der Waals surface area contributed by atoms with Crippen molar-refractivity contribution < 1.29 is 5.11 Å². The minimum Gasteiger partial charge on any atom is -0.389 e. The molecule has 1 aliphatic heterocycles. The normalized spacial score (nSPS) is 16.7. The van der Waals surface area contributed by atoms with Gasteiger partial charge >= 0.3 is 0 Å². The molecule has 1 saturated heterocycles. The van der Waals surface area contributed by atoms with Gasteiger partial charge in [-0.15, -0.1) is 11.3 Å². The van der Waals surface area contributed by atoms with Gasteiger partial charge in [0.2, 0.25) is 5.95 Å². The topological polar surface area (TPSA) is 74.2 Å². The molecule has 0 bridgehead atoms. The lowest BCUT2D eigenvalue weighted by Crippen LogP contribution is -2.35. The monoisotopic (exact) mass is 371 g/mol. The molecule has 3 rings (SSSR count). The number of halogens is 1. The zero-order chi connectivity index (χ0) is 16.2. The van der Waals surface area contributed by atoms with Crippen LogP contribution in [0.2, 0.25) is 5.02 Å². The lowest BCUT2D eigenvalue weighted by Gasteiger charge is -2.30. The van der Waals surface area contributed by atoms with Crippen LogP contribution in [0.1, 0.15) is 17.8 Å². The first kappa shape index (κ1) is 16.9. The third-order valence-electron chi connectivity index (χ3n) is 3.71. The van der Waals surface area contributed by atoms with Gasteiger partial charge in [-0.05, 0) is 19.1 Å². The van der Waals surface area contributed by atoms with E-state index >= 15 is 0 Å². The second-order valence-corrected chi connectivity index (χ2v) is 7.60. The number of thiazole rings is 1. The number of aliphatic hydroxyl groups is 1. The Morgan fingerprint density at radius 1 is 1.39 bits per heavy atom. The van der Waals surface area contributed by atoms with Crippen LogP contribution in [0.3, 0.4) is 0 Å². The minimum atomic E-state index is -0.0769. The Labute approximate surface area is 148 Å². The van der Waals surface area contributed by atoms with Crippen LogP contribution in [0.25, 0.3) is 10.6 Å². The van der Waals surface area contributed by atoms with Crippen molar-refractivity contribution in [1.82, 2.24) is 19.3 Å². The van der Waals surface area contributed by atoms with Gasteiger partial charge in [0, 0.05) is 25.3 Å². The second kappa shape index (κ2) is 7.76. The molecule has 0 radical (unpaired) electrons.